The molecule has 0 aliphatic rings. The van der Waals surface area contributed by atoms with Crippen molar-refractivity contribution in [2.24, 2.45) is 0 Å². The van der Waals surface area contributed by atoms with Crippen LogP contribution in [0.1, 0.15) is 29.8 Å². The molecule has 4 N–H and O–H groups in total. The topological polar surface area (TPSA) is 92.5 Å². The molecule has 0 bridgehead atoms. The van der Waals surface area contributed by atoms with E-state index >= 15 is 0 Å². The van der Waals surface area contributed by atoms with Gasteiger partial charge in [0.1, 0.15) is 5.01 Å². The molecule has 0 aliphatic carbocycles. The minimum atomic E-state index is 0.0838. The molecule has 0 amide bonds. The smallest absolute Gasteiger partial charge is 0.244 e. The van der Waals surface area contributed by atoms with E-state index in [4.69, 9.17) is 5.73 Å². The molecule has 2 rings (SSSR count). The highest BCUT2D eigenvalue weighted by atomic mass is 32.1. The second-order valence-corrected chi connectivity index (χ2v) is 4.58. The molecule has 1 unspecified atom stereocenters. The van der Waals surface area contributed by atoms with Crippen molar-refractivity contribution >= 4 is 23.2 Å². The summed E-state index contributed by atoms with van der Waals surface area (Å²) in [4.78, 5) is 9.60. The Labute approximate surface area is 97.3 Å². The number of aromatic nitrogens is 4. The van der Waals surface area contributed by atoms with Crippen LogP contribution in [-0.4, -0.2) is 20.2 Å². The molecule has 2 aromatic heterocycles. The lowest BCUT2D eigenvalue weighted by Crippen LogP contribution is -2.07. The van der Waals surface area contributed by atoms with Crippen molar-refractivity contribution in [1.82, 2.24) is 20.2 Å². The number of nitrogens with zero attached hydrogens (tertiary/aromatic N) is 3. The van der Waals surface area contributed by atoms with Crippen molar-refractivity contribution in [3.05, 3.63) is 16.1 Å². The molecule has 86 valence electrons. The second-order valence-electron chi connectivity index (χ2n) is 3.43. The number of hydrogen-bond acceptors (Lipinski definition) is 6. The van der Waals surface area contributed by atoms with Crippen LogP contribution in [0.25, 0.3) is 0 Å². The van der Waals surface area contributed by atoms with E-state index in [1.165, 1.54) is 4.88 Å². The van der Waals surface area contributed by atoms with Crippen molar-refractivity contribution in [2.45, 2.75) is 26.3 Å². The van der Waals surface area contributed by atoms with Gasteiger partial charge in [0.05, 0.1) is 6.04 Å². The second kappa shape index (κ2) is 4.48. The number of aryl methyl sites for hydroxylation is 1. The molecular formula is C9H14N6S. The van der Waals surface area contributed by atoms with Crippen LogP contribution >= 0.6 is 11.3 Å². The lowest BCUT2D eigenvalue weighted by Gasteiger charge is -2.07. The van der Waals surface area contributed by atoms with Crippen LogP contribution in [0.4, 0.5) is 11.9 Å². The highest BCUT2D eigenvalue weighted by Gasteiger charge is 2.11. The predicted molar refractivity (Wildman–Crippen MR) is 64.3 cm³/mol. The molecule has 16 heavy (non-hydrogen) atoms. The third-order valence-corrected chi connectivity index (χ3v) is 3.46. The van der Waals surface area contributed by atoms with E-state index in [1.54, 1.807) is 11.3 Å². The standard InChI is InChI=1S/C9H14N6S/c1-3-6-4-11-7(16-6)5(2)12-9-13-8(10)14-15-9/h4-5H,3H2,1-2H3,(H4,10,12,13,14,15). The van der Waals surface area contributed by atoms with Gasteiger partial charge >= 0.3 is 0 Å². The maximum absolute atomic E-state index is 5.44. The average molecular weight is 238 g/mol. The fourth-order valence-electron chi connectivity index (χ4n) is 1.28. The van der Waals surface area contributed by atoms with Gasteiger partial charge in [0, 0.05) is 11.1 Å². The van der Waals surface area contributed by atoms with Crippen molar-refractivity contribution in [2.75, 3.05) is 11.1 Å². The van der Waals surface area contributed by atoms with Crippen LogP contribution in [0.3, 0.4) is 0 Å². The van der Waals surface area contributed by atoms with E-state index < -0.39 is 0 Å². The Morgan fingerprint density at radius 1 is 1.62 bits per heavy atom. The van der Waals surface area contributed by atoms with E-state index in [2.05, 4.69) is 32.4 Å². The number of anilines is 2. The molecule has 0 aromatic carbocycles. The summed E-state index contributed by atoms with van der Waals surface area (Å²) >= 11 is 1.70. The van der Waals surface area contributed by atoms with Crippen LogP contribution < -0.4 is 11.1 Å². The minimum Gasteiger partial charge on any atom is -0.368 e. The first-order valence-corrected chi connectivity index (χ1v) is 5.89. The largest absolute Gasteiger partial charge is 0.368 e. The monoisotopic (exact) mass is 238 g/mol. The third-order valence-electron chi connectivity index (χ3n) is 2.14. The Balaban J connectivity index is 2.05. The van der Waals surface area contributed by atoms with Gasteiger partial charge in [0.2, 0.25) is 11.9 Å². The average Bonchev–Trinajstić information content (AvgIpc) is 2.87. The van der Waals surface area contributed by atoms with Gasteiger partial charge < -0.3 is 11.1 Å². The highest BCUT2D eigenvalue weighted by Crippen LogP contribution is 2.22. The van der Waals surface area contributed by atoms with Gasteiger partial charge in [-0.3, -0.25) is 0 Å². The summed E-state index contributed by atoms with van der Waals surface area (Å²) in [6.07, 6.45) is 2.92. The number of rotatable bonds is 4. The third kappa shape index (κ3) is 2.30. The summed E-state index contributed by atoms with van der Waals surface area (Å²) in [5.41, 5.74) is 5.44. The SMILES string of the molecule is CCc1cnc(C(C)Nc2n[nH]c(N)n2)s1. The number of nitrogen functional groups attached to an aromatic ring is 1. The lowest BCUT2D eigenvalue weighted by atomic mass is 10.4. The summed E-state index contributed by atoms with van der Waals surface area (Å²) in [7, 11) is 0. The Kier molecular flexibility index (Phi) is 3.04. The van der Waals surface area contributed by atoms with Crippen molar-refractivity contribution < 1.29 is 0 Å². The first-order valence-electron chi connectivity index (χ1n) is 5.08. The normalized spacial score (nSPS) is 12.6. The fourth-order valence-corrected chi connectivity index (χ4v) is 2.14. The molecule has 0 saturated carbocycles. The molecule has 2 aromatic rings. The minimum absolute atomic E-state index is 0.0838. The summed E-state index contributed by atoms with van der Waals surface area (Å²) in [5.74, 6) is 0.807. The molecule has 6 nitrogen and oxygen atoms in total. The fraction of sp³-hybridized carbons (Fsp3) is 0.444. The number of H-pyrrole nitrogens is 1. The molecule has 0 spiro atoms. The first kappa shape index (κ1) is 10.9. The van der Waals surface area contributed by atoms with E-state index in [-0.39, 0.29) is 6.04 Å². The Morgan fingerprint density at radius 3 is 3.00 bits per heavy atom. The zero-order chi connectivity index (χ0) is 11.5. The van der Waals surface area contributed by atoms with Crippen molar-refractivity contribution in [3.8, 4) is 0 Å². The van der Waals surface area contributed by atoms with Crippen LogP contribution in [0.15, 0.2) is 6.20 Å². The van der Waals surface area contributed by atoms with E-state index in [0.29, 0.717) is 11.9 Å². The van der Waals surface area contributed by atoms with Gasteiger partial charge in [-0.2, -0.15) is 4.98 Å². The Bertz CT molecular complexity index is 462. The van der Waals surface area contributed by atoms with Crippen molar-refractivity contribution in [3.63, 3.8) is 0 Å². The number of hydrogen-bond donors (Lipinski definition) is 3. The maximum atomic E-state index is 5.44. The molecule has 0 radical (unpaired) electrons. The number of nitrogens with one attached hydrogen (secondary N) is 2. The Hall–Kier alpha value is -1.63. The van der Waals surface area contributed by atoms with E-state index in [0.717, 1.165) is 11.4 Å². The molecule has 7 heteroatoms. The van der Waals surface area contributed by atoms with Crippen molar-refractivity contribution in [1.29, 1.82) is 0 Å². The molecule has 0 saturated heterocycles. The summed E-state index contributed by atoms with van der Waals surface area (Å²) in [6.45, 7) is 4.14. The highest BCUT2D eigenvalue weighted by molar-refractivity contribution is 7.11. The summed E-state index contributed by atoms with van der Waals surface area (Å²) < 4.78 is 0. The lowest BCUT2D eigenvalue weighted by molar-refractivity contribution is 0.850. The molecular weight excluding hydrogens is 224 g/mol. The van der Waals surface area contributed by atoms with Crippen LogP contribution in [0.5, 0.6) is 0 Å². The van der Waals surface area contributed by atoms with Crippen LogP contribution in [-0.2, 0) is 6.42 Å². The van der Waals surface area contributed by atoms with Gasteiger partial charge in [-0.15, -0.1) is 16.4 Å². The van der Waals surface area contributed by atoms with Gasteiger partial charge in [-0.25, -0.2) is 10.1 Å². The van der Waals surface area contributed by atoms with E-state index in [9.17, 15) is 0 Å². The van der Waals surface area contributed by atoms with Gasteiger partial charge in [-0.05, 0) is 13.3 Å². The Morgan fingerprint density at radius 2 is 2.44 bits per heavy atom. The van der Waals surface area contributed by atoms with Gasteiger partial charge in [0.25, 0.3) is 0 Å². The van der Waals surface area contributed by atoms with Gasteiger partial charge in [0.15, 0.2) is 0 Å². The quantitative estimate of drug-likeness (QED) is 0.752. The molecule has 2 heterocycles. The molecule has 0 fully saturated rings. The van der Waals surface area contributed by atoms with Crippen LogP contribution in [0.2, 0.25) is 0 Å². The number of thiazole rings is 1. The predicted octanol–water partition coefficient (Wildman–Crippen LogP) is 1.58. The van der Waals surface area contributed by atoms with Crippen LogP contribution in [0, 0.1) is 0 Å². The summed E-state index contributed by atoms with van der Waals surface area (Å²) in [5, 5.41) is 10.7. The number of aromatic amines is 1. The summed E-state index contributed by atoms with van der Waals surface area (Å²) in [6, 6.07) is 0.0838. The zero-order valence-corrected chi connectivity index (χ0v) is 10.0. The van der Waals surface area contributed by atoms with E-state index in [1.807, 2.05) is 13.1 Å². The molecule has 0 aliphatic heterocycles. The van der Waals surface area contributed by atoms with Gasteiger partial charge in [-0.1, -0.05) is 6.92 Å². The zero-order valence-electron chi connectivity index (χ0n) is 9.19. The first-order chi connectivity index (χ1) is 7.69. The number of nitrogens with two attached hydrogens (primary N) is 1. The maximum Gasteiger partial charge on any atom is 0.244 e. The molecule has 1 atom stereocenters.